The van der Waals surface area contributed by atoms with Crippen LogP contribution in [0.15, 0.2) is 0 Å². The lowest BCUT2D eigenvalue weighted by Gasteiger charge is -2.38. The van der Waals surface area contributed by atoms with Gasteiger partial charge in [0.05, 0.1) is 0 Å². The minimum atomic E-state index is -0.730. The van der Waals surface area contributed by atoms with Gasteiger partial charge in [0.25, 0.3) is 0 Å². The monoisotopic (exact) mass is 249 g/mol. The Bertz CT molecular complexity index is 371. The third-order valence-electron chi connectivity index (χ3n) is 4.07. The van der Waals surface area contributed by atoms with E-state index in [9.17, 15) is 9.59 Å². The van der Waals surface area contributed by atoms with Gasteiger partial charge >= 0.3 is 5.97 Å². The van der Waals surface area contributed by atoms with Gasteiger partial charge in [-0.15, -0.1) is 12.3 Å². The van der Waals surface area contributed by atoms with Crippen LogP contribution >= 0.6 is 0 Å². The van der Waals surface area contributed by atoms with Crippen molar-refractivity contribution in [2.24, 2.45) is 5.92 Å². The molecular formula is C14H19NO3. The van der Waals surface area contributed by atoms with Crippen LogP contribution in [0.1, 0.15) is 44.9 Å². The van der Waals surface area contributed by atoms with Gasteiger partial charge in [0.2, 0.25) is 5.91 Å². The van der Waals surface area contributed by atoms with E-state index in [0.29, 0.717) is 12.8 Å². The Morgan fingerprint density at radius 1 is 1.28 bits per heavy atom. The molecular weight excluding hydrogens is 230 g/mol. The number of hydrogen-bond donors (Lipinski definition) is 1. The van der Waals surface area contributed by atoms with Crippen LogP contribution in [-0.4, -0.2) is 34.0 Å². The highest BCUT2D eigenvalue weighted by molar-refractivity contribution is 5.77. The topological polar surface area (TPSA) is 57.6 Å². The summed E-state index contributed by atoms with van der Waals surface area (Å²) in [5.74, 6) is 2.15. The van der Waals surface area contributed by atoms with Crippen molar-refractivity contribution < 1.29 is 14.7 Å². The number of nitrogens with zero attached hydrogens (tertiary/aromatic N) is 1. The van der Waals surface area contributed by atoms with Crippen LogP contribution in [0.2, 0.25) is 0 Å². The number of carbonyl (C=O) groups excluding carboxylic acids is 1. The van der Waals surface area contributed by atoms with Gasteiger partial charge in [0.15, 0.2) is 0 Å². The number of hydrogen-bond acceptors (Lipinski definition) is 2. The number of rotatable bonds is 4. The van der Waals surface area contributed by atoms with Gasteiger partial charge in [0.1, 0.15) is 0 Å². The first-order valence-corrected chi connectivity index (χ1v) is 6.58. The summed E-state index contributed by atoms with van der Waals surface area (Å²) in [6.45, 7) is 0. The summed E-state index contributed by atoms with van der Waals surface area (Å²) in [6.07, 6.45) is 10.0. The smallest absolute Gasteiger partial charge is 0.303 e. The quantitative estimate of drug-likeness (QED) is 0.771. The fourth-order valence-electron chi connectivity index (χ4n) is 3.42. The van der Waals surface area contributed by atoms with Gasteiger partial charge in [-0.3, -0.25) is 9.59 Å². The maximum absolute atomic E-state index is 12.1. The highest BCUT2D eigenvalue weighted by atomic mass is 16.4. The van der Waals surface area contributed by atoms with Crippen molar-refractivity contribution in [2.75, 3.05) is 0 Å². The number of carbonyl (C=O) groups is 2. The number of piperidine rings is 1. The van der Waals surface area contributed by atoms with Gasteiger partial charge in [-0.2, -0.15) is 0 Å². The zero-order valence-corrected chi connectivity index (χ0v) is 10.5. The molecule has 2 rings (SSSR count). The summed E-state index contributed by atoms with van der Waals surface area (Å²) < 4.78 is 0. The van der Waals surface area contributed by atoms with E-state index in [1.54, 1.807) is 0 Å². The lowest BCUT2D eigenvalue weighted by molar-refractivity contribution is -0.140. The molecule has 2 aliphatic heterocycles. The number of carboxylic acid groups (broad SMARTS) is 1. The number of amides is 1. The van der Waals surface area contributed by atoms with E-state index >= 15 is 0 Å². The van der Waals surface area contributed by atoms with E-state index in [-0.39, 0.29) is 30.3 Å². The molecule has 2 bridgehead atoms. The molecule has 2 saturated heterocycles. The third kappa shape index (κ3) is 2.66. The maximum atomic E-state index is 12.1. The van der Waals surface area contributed by atoms with E-state index in [2.05, 4.69) is 5.92 Å². The standard InChI is InChI=1S/C14H19NO3/c1-2-3-4-13(16)15-11-5-6-12(15)8-10(7-11)9-14(17)18/h1,10-12H,3-9H2,(H,17,18). The van der Waals surface area contributed by atoms with Crippen molar-refractivity contribution in [1.29, 1.82) is 0 Å². The largest absolute Gasteiger partial charge is 0.481 e. The average molecular weight is 249 g/mol. The zero-order chi connectivity index (χ0) is 13.1. The molecule has 0 aromatic rings. The molecule has 0 aromatic carbocycles. The Kier molecular flexibility index (Phi) is 3.90. The first-order chi connectivity index (χ1) is 8.61. The molecule has 0 spiro atoms. The van der Waals surface area contributed by atoms with E-state index in [4.69, 9.17) is 11.5 Å². The average Bonchev–Trinajstić information content (AvgIpc) is 2.57. The van der Waals surface area contributed by atoms with Crippen LogP contribution in [0.4, 0.5) is 0 Å². The van der Waals surface area contributed by atoms with Gasteiger partial charge in [-0.25, -0.2) is 0 Å². The van der Waals surface area contributed by atoms with Crippen LogP contribution in [-0.2, 0) is 9.59 Å². The van der Waals surface area contributed by atoms with Crippen LogP contribution in [0, 0.1) is 18.3 Å². The molecule has 98 valence electrons. The summed E-state index contributed by atoms with van der Waals surface area (Å²) in [7, 11) is 0. The summed E-state index contributed by atoms with van der Waals surface area (Å²) in [6, 6.07) is 0.497. The number of fused-ring (bicyclic) bond motifs is 2. The summed E-state index contributed by atoms with van der Waals surface area (Å²) in [5, 5.41) is 8.85. The molecule has 0 radical (unpaired) electrons. The van der Waals surface area contributed by atoms with E-state index in [1.165, 1.54) is 0 Å². The number of aliphatic carboxylic acids is 1. The molecule has 2 unspecified atom stereocenters. The molecule has 2 fully saturated rings. The van der Waals surface area contributed by atoms with Crippen molar-refractivity contribution in [3.63, 3.8) is 0 Å². The number of carboxylic acids is 1. The molecule has 18 heavy (non-hydrogen) atoms. The molecule has 4 nitrogen and oxygen atoms in total. The maximum Gasteiger partial charge on any atom is 0.303 e. The van der Waals surface area contributed by atoms with Crippen molar-refractivity contribution in [3.8, 4) is 12.3 Å². The number of terminal acetylenes is 1. The highest BCUT2D eigenvalue weighted by Crippen LogP contribution is 2.40. The minimum absolute atomic E-state index is 0.147. The van der Waals surface area contributed by atoms with Crippen LogP contribution in [0.25, 0.3) is 0 Å². The second-order valence-electron chi connectivity index (χ2n) is 5.33. The Hall–Kier alpha value is -1.50. The normalized spacial score (nSPS) is 29.9. The summed E-state index contributed by atoms with van der Waals surface area (Å²) in [4.78, 5) is 24.8. The fourth-order valence-corrected chi connectivity index (χ4v) is 3.42. The second-order valence-corrected chi connectivity index (χ2v) is 5.33. The molecule has 4 heteroatoms. The first-order valence-electron chi connectivity index (χ1n) is 6.58. The molecule has 0 aliphatic carbocycles. The predicted octanol–water partition coefficient (Wildman–Crippen LogP) is 1.64. The Morgan fingerprint density at radius 2 is 1.89 bits per heavy atom. The molecule has 2 aliphatic rings. The highest BCUT2D eigenvalue weighted by Gasteiger charge is 2.42. The molecule has 2 atom stereocenters. The second kappa shape index (κ2) is 5.43. The van der Waals surface area contributed by atoms with Crippen LogP contribution in [0.3, 0.4) is 0 Å². The predicted molar refractivity (Wildman–Crippen MR) is 66.7 cm³/mol. The SMILES string of the molecule is C#CCCC(=O)N1C2CCC1CC(CC(=O)O)C2. The first kappa shape index (κ1) is 12.9. The van der Waals surface area contributed by atoms with Gasteiger partial charge < -0.3 is 10.0 Å². The Balaban J connectivity index is 1.95. The molecule has 0 aromatic heterocycles. The lowest BCUT2D eigenvalue weighted by Crippen LogP contribution is -2.46. The summed E-state index contributed by atoms with van der Waals surface area (Å²) in [5.41, 5.74) is 0. The van der Waals surface area contributed by atoms with Crippen molar-refractivity contribution in [3.05, 3.63) is 0 Å². The minimum Gasteiger partial charge on any atom is -0.481 e. The van der Waals surface area contributed by atoms with Gasteiger partial charge in [0, 0.05) is 31.3 Å². The van der Waals surface area contributed by atoms with E-state index < -0.39 is 5.97 Å². The molecule has 2 heterocycles. The van der Waals surface area contributed by atoms with Gasteiger partial charge in [-0.1, -0.05) is 0 Å². The van der Waals surface area contributed by atoms with Crippen LogP contribution < -0.4 is 0 Å². The fraction of sp³-hybridized carbons (Fsp3) is 0.714. The van der Waals surface area contributed by atoms with Gasteiger partial charge in [-0.05, 0) is 31.6 Å². The van der Waals surface area contributed by atoms with E-state index in [0.717, 1.165) is 25.7 Å². The molecule has 0 saturated carbocycles. The van der Waals surface area contributed by atoms with Crippen molar-refractivity contribution in [1.82, 2.24) is 4.90 Å². The van der Waals surface area contributed by atoms with Crippen molar-refractivity contribution >= 4 is 11.9 Å². The Labute approximate surface area is 107 Å². The molecule has 1 N–H and O–H groups in total. The zero-order valence-electron chi connectivity index (χ0n) is 10.5. The third-order valence-corrected chi connectivity index (χ3v) is 4.07. The van der Waals surface area contributed by atoms with E-state index in [1.807, 2.05) is 4.90 Å². The lowest BCUT2D eigenvalue weighted by atomic mass is 9.88. The summed E-state index contributed by atoms with van der Waals surface area (Å²) >= 11 is 0. The Morgan fingerprint density at radius 3 is 2.39 bits per heavy atom. The van der Waals surface area contributed by atoms with Crippen molar-refractivity contribution in [2.45, 2.75) is 57.0 Å². The molecule has 1 amide bonds. The van der Waals surface area contributed by atoms with Crippen LogP contribution in [0.5, 0.6) is 0 Å².